The molecule has 0 aliphatic heterocycles. The smallest absolute Gasteiger partial charge is 0.243 e. The fourth-order valence-corrected chi connectivity index (χ4v) is 2.13. The van der Waals surface area contributed by atoms with Crippen LogP contribution in [-0.2, 0) is 4.79 Å². The monoisotopic (exact) mass is 283 g/mol. The highest BCUT2D eigenvalue weighted by Crippen LogP contribution is 2.16. The second-order valence-corrected chi connectivity index (χ2v) is 5.02. The molecule has 0 spiro atoms. The van der Waals surface area contributed by atoms with Crippen LogP contribution in [0.3, 0.4) is 0 Å². The Morgan fingerprint density at radius 1 is 1.19 bits per heavy atom. The van der Waals surface area contributed by atoms with Gasteiger partial charge in [-0.05, 0) is 44.2 Å². The first kappa shape index (κ1) is 14.9. The van der Waals surface area contributed by atoms with Gasteiger partial charge in [-0.2, -0.15) is 0 Å². The normalized spacial score (nSPS) is 10.2. The van der Waals surface area contributed by atoms with E-state index in [0.29, 0.717) is 12.2 Å². The number of likely N-dealkylation sites (N-methyl/N-ethyl adjacent to an activating group) is 1. The predicted octanol–water partition coefficient (Wildman–Crippen LogP) is 3.04. The fourth-order valence-electron chi connectivity index (χ4n) is 2.13. The van der Waals surface area contributed by atoms with E-state index in [-0.39, 0.29) is 5.91 Å². The minimum Gasteiger partial charge on any atom is -0.399 e. The summed E-state index contributed by atoms with van der Waals surface area (Å²) in [5.41, 5.74) is 9.32. The quantitative estimate of drug-likeness (QED) is 0.829. The number of benzene rings is 2. The standard InChI is InChI=1S/C17H21N3O/c1-3-20(16-9-7-13(2)8-10-16)12-17(21)19-15-6-4-5-14(18)11-15/h4-11H,3,12,18H2,1-2H3,(H,19,21). The SMILES string of the molecule is CCN(CC(=O)Nc1cccc(N)c1)c1ccc(C)cc1. The van der Waals surface area contributed by atoms with Gasteiger partial charge in [0.2, 0.25) is 5.91 Å². The number of rotatable bonds is 5. The molecule has 2 aromatic carbocycles. The van der Waals surface area contributed by atoms with Gasteiger partial charge in [-0.3, -0.25) is 4.79 Å². The van der Waals surface area contributed by atoms with Crippen LogP contribution in [0.25, 0.3) is 0 Å². The average molecular weight is 283 g/mol. The van der Waals surface area contributed by atoms with Gasteiger partial charge in [0.25, 0.3) is 0 Å². The van der Waals surface area contributed by atoms with Crippen LogP contribution in [0.2, 0.25) is 0 Å². The zero-order valence-electron chi connectivity index (χ0n) is 12.5. The molecular weight excluding hydrogens is 262 g/mol. The van der Waals surface area contributed by atoms with E-state index in [1.54, 1.807) is 12.1 Å². The molecule has 4 nitrogen and oxygen atoms in total. The van der Waals surface area contributed by atoms with Gasteiger partial charge in [-0.1, -0.05) is 23.8 Å². The van der Waals surface area contributed by atoms with Gasteiger partial charge in [0, 0.05) is 23.6 Å². The molecule has 0 fully saturated rings. The Morgan fingerprint density at radius 3 is 2.52 bits per heavy atom. The second kappa shape index (κ2) is 6.79. The third-order valence-electron chi connectivity index (χ3n) is 3.29. The number of nitrogen functional groups attached to an aromatic ring is 1. The van der Waals surface area contributed by atoms with Crippen LogP contribution >= 0.6 is 0 Å². The maximum atomic E-state index is 12.1. The largest absolute Gasteiger partial charge is 0.399 e. The van der Waals surface area contributed by atoms with Crippen molar-refractivity contribution in [3.8, 4) is 0 Å². The number of hydrogen-bond donors (Lipinski definition) is 2. The number of anilines is 3. The number of aryl methyl sites for hydroxylation is 1. The molecule has 0 radical (unpaired) electrons. The van der Waals surface area contributed by atoms with E-state index < -0.39 is 0 Å². The molecule has 0 heterocycles. The highest BCUT2D eigenvalue weighted by atomic mass is 16.2. The molecule has 0 bridgehead atoms. The Hall–Kier alpha value is -2.49. The van der Waals surface area contributed by atoms with E-state index in [0.717, 1.165) is 17.9 Å². The number of nitrogens with zero attached hydrogens (tertiary/aromatic N) is 1. The third kappa shape index (κ3) is 4.24. The molecule has 21 heavy (non-hydrogen) atoms. The first-order valence-corrected chi connectivity index (χ1v) is 7.05. The Labute approximate surface area is 125 Å². The van der Waals surface area contributed by atoms with Crippen LogP contribution in [0.15, 0.2) is 48.5 Å². The van der Waals surface area contributed by atoms with E-state index in [1.165, 1.54) is 5.56 Å². The predicted molar refractivity (Wildman–Crippen MR) is 88.6 cm³/mol. The number of carbonyl (C=O) groups excluding carboxylic acids is 1. The van der Waals surface area contributed by atoms with Gasteiger partial charge in [0.15, 0.2) is 0 Å². The average Bonchev–Trinajstić information content (AvgIpc) is 2.46. The molecule has 0 aromatic heterocycles. The topological polar surface area (TPSA) is 58.4 Å². The molecular formula is C17H21N3O. The van der Waals surface area contributed by atoms with E-state index in [4.69, 9.17) is 5.73 Å². The van der Waals surface area contributed by atoms with Crippen LogP contribution in [0, 0.1) is 6.92 Å². The van der Waals surface area contributed by atoms with Crippen molar-refractivity contribution in [2.45, 2.75) is 13.8 Å². The minimum absolute atomic E-state index is 0.0528. The molecule has 0 saturated heterocycles. The molecule has 2 rings (SSSR count). The lowest BCUT2D eigenvalue weighted by atomic mass is 10.2. The van der Waals surface area contributed by atoms with E-state index >= 15 is 0 Å². The summed E-state index contributed by atoms with van der Waals surface area (Å²) < 4.78 is 0. The summed E-state index contributed by atoms with van der Waals surface area (Å²) >= 11 is 0. The molecule has 0 atom stereocenters. The Kier molecular flexibility index (Phi) is 4.82. The van der Waals surface area contributed by atoms with Crippen molar-refractivity contribution >= 4 is 23.0 Å². The van der Waals surface area contributed by atoms with Crippen molar-refractivity contribution in [3.63, 3.8) is 0 Å². The van der Waals surface area contributed by atoms with Gasteiger partial charge in [0.05, 0.1) is 6.54 Å². The summed E-state index contributed by atoms with van der Waals surface area (Å²) in [4.78, 5) is 14.2. The lowest BCUT2D eigenvalue weighted by Gasteiger charge is -2.22. The lowest BCUT2D eigenvalue weighted by Crippen LogP contribution is -2.33. The molecule has 110 valence electrons. The summed E-state index contributed by atoms with van der Waals surface area (Å²) in [7, 11) is 0. The highest BCUT2D eigenvalue weighted by Gasteiger charge is 2.10. The number of nitrogens with one attached hydrogen (secondary N) is 1. The first-order valence-electron chi connectivity index (χ1n) is 7.05. The molecule has 4 heteroatoms. The fraction of sp³-hybridized carbons (Fsp3) is 0.235. The van der Waals surface area contributed by atoms with Gasteiger partial charge in [-0.25, -0.2) is 0 Å². The highest BCUT2D eigenvalue weighted by molar-refractivity contribution is 5.94. The van der Waals surface area contributed by atoms with Crippen molar-refractivity contribution in [1.29, 1.82) is 0 Å². The van der Waals surface area contributed by atoms with E-state index in [9.17, 15) is 4.79 Å². The number of amides is 1. The van der Waals surface area contributed by atoms with Crippen molar-refractivity contribution in [1.82, 2.24) is 0 Å². The molecule has 3 N–H and O–H groups in total. The lowest BCUT2D eigenvalue weighted by molar-refractivity contribution is -0.115. The Balaban J connectivity index is 2.01. The van der Waals surface area contributed by atoms with Crippen LogP contribution in [-0.4, -0.2) is 19.0 Å². The summed E-state index contributed by atoms with van der Waals surface area (Å²) in [6.07, 6.45) is 0. The minimum atomic E-state index is -0.0528. The van der Waals surface area contributed by atoms with Gasteiger partial charge >= 0.3 is 0 Å². The van der Waals surface area contributed by atoms with Gasteiger partial charge in [0.1, 0.15) is 0 Å². The summed E-state index contributed by atoms with van der Waals surface area (Å²) in [6.45, 7) is 5.17. The number of nitrogens with two attached hydrogens (primary N) is 1. The summed E-state index contributed by atoms with van der Waals surface area (Å²) in [6, 6.07) is 15.4. The molecule has 0 aliphatic carbocycles. The third-order valence-corrected chi connectivity index (χ3v) is 3.29. The van der Waals surface area contributed by atoms with Crippen molar-refractivity contribution in [2.24, 2.45) is 0 Å². The molecule has 0 aliphatic rings. The van der Waals surface area contributed by atoms with E-state index in [1.807, 2.05) is 55.1 Å². The van der Waals surface area contributed by atoms with Crippen LogP contribution in [0.4, 0.5) is 17.1 Å². The summed E-state index contributed by atoms with van der Waals surface area (Å²) in [5, 5.41) is 2.87. The maximum absolute atomic E-state index is 12.1. The molecule has 0 unspecified atom stereocenters. The van der Waals surface area contributed by atoms with Crippen LogP contribution in [0.1, 0.15) is 12.5 Å². The number of hydrogen-bond acceptors (Lipinski definition) is 3. The molecule has 0 saturated carbocycles. The number of carbonyl (C=O) groups is 1. The molecule has 1 amide bonds. The van der Waals surface area contributed by atoms with Gasteiger partial charge < -0.3 is 16.0 Å². The van der Waals surface area contributed by atoms with Crippen molar-refractivity contribution < 1.29 is 4.79 Å². The van der Waals surface area contributed by atoms with Crippen LogP contribution < -0.4 is 16.0 Å². The van der Waals surface area contributed by atoms with Crippen molar-refractivity contribution in [3.05, 3.63) is 54.1 Å². The zero-order chi connectivity index (χ0) is 15.2. The molecule has 2 aromatic rings. The zero-order valence-corrected chi connectivity index (χ0v) is 12.5. The Bertz CT molecular complexity index is 608. The maximum Gasteiger partial charge on any atom is 0.243 e. The van der Waals surface area contributed by atoms with Gasteiger partial charge in [-0.15, -0.1) is 0 Å². The second-order valence-electron chi connectivity index (χ2n) is 5.02. The van der Waals surface area contributed by atoms with E-state index in [2.05, 4.69) is 5.32 Å². The van der Waals surface area contributed by atoms with Crippen molar-refractivity contribution in [2.75, 3.05) is 29.0 Å². The summed E-state index contributed by atoms with van der Waals surface area (Å²) in [5.74, 6) is -0.0528. The Morgan fingerprint density at radius 2 is 1.90 bits per heavy atom. The van der Waals surface area contributed by atoms with Crippen LogP contribution in [0.5, 0.6) is 0 Å². The first-order chi connectivity index (χ1) is 10.1.